The van der Waals surface area contributed by atoms with E-state index in [9.17, 15) is 13.6 Å². The largest absolute Gasteiger partial charge is 0.435 e. The summed E-state index contributed by atoms with van der Waals surface area (Å²) in [5.74, 6) is -0.502. The van der Waals surface area contributed by atoms with Gasteiger partial charge in [-0.05, 0) is 40.2 Å². The smallest absolute Gasteiger partial charge is 0.387 e. The van der Waals surface area contributed by atoms with Crippen LogP contribution in [0.1, 0.15) is 10.4 Å². The molecule has 2 aromatic rings. The van der Waals surface area contributed by atoms with E-state index in [4.69, 9.17) is 0 Å². The predicted octanol–water partition coefficient (Wildman–Crippen LogP) is 3.70. The highest BCUT2D eigenvalue weighted by molar-refractivity contribution is 9.10. The Hall–Kier alpha value is -2.02. The van der Waals surface area contributed by atoms with Crippen LogP contribution < -0.4 is 10.1 Å². The molecule has 0 aliphatic carbocycles. The molecule has 0 saturated heterocycles. The van der Waals surface area contributed by atoms with Crippen molar-refractivity contribution >= 4 is 27.5 Å². The van der Waals surface area contributed by atoms with Crippen LogP contribution in [0.4, 0.5) is 14.5 Å². The molecule has 4 nitrogen and oxygen atoms in total. The Kier molecular flexibility index (Phi) is 4.62. The third kappa shape index (κ3) is 3.74. The summed E-state index contributed by atoms with van der Waals surface area (Å²) >= 11 is 3.24. The third-order valence-electron chi connectivity index (χ3n) is 2.34. The van der Waals surface area contributed by atoms with Gasteiger partial charge in [0.25, 0.3) is 5.91 Å². The molecule has 1 aromatic carbocycles. The highest BCUT2D eigenvalue weighted by atomic mass is 79.9. The first-order chi connectivity index (χ1) is 9.56. The molecule has 1 heterocycles. The van der Waals surface area contributed by atoms with E-state index < -0.39 is 12.5 Å². The van der Waals surface area contributed by atoms with E-state index in [2.05, 4.69) is 31.0 Å². The number of rotatable bonds is 4. The average molecular weight is 343 g/mol. The van der Waals surface area contributed by atoms with E-state index in [1.165, 1.54) is 36.7 Å². The van der Waals surface area contributed by atoms with Crippen LogP contribution in [0.25, 0.3) is 0 Å². The van der Waals surface area contributed by atoms with Gasteiger partial charge in [0.05, 0.1) is 10.2 Å². The number of alkyl halides is 2. The minimum atomic E-state index is -2.93. The van der Waals surface area contributed by atoms with Crippen LogP contribution in [0.2, 0.25) is 0 Å². The van der Waals surface area contributed by atoms with Crippen molar-refractivity contribution in [3.8, 4) is 5.75 Å². The van der Waals surface area contributed by atoms with Gasteiger partial charge in [0.2, 0.25) is 0 Å². The Bertz CT molecular complexity index is 623. The Balaban J connectivity index is 2.15. The average Bonchev–Trinajstić information content (AvgIpc) is 2.41. The molecule has 0 atom stereocenters. The maximum atomic E-state index is 12.1. The number of carbonyl (C=O) groups excluding carboxylic acids is 1. The van der Waals surface area contributed by atoms with Gasteiger partial charge in [-0.25, -0.2) is 0 Å². The molecule has 2 rings (SSSR count). The second-order valence-corrected chi connectivity index (χ2v) is 4.57. The molecular formula is C13H9BrF2N2O2. The maximum absolute atomic E-state index is 12.1. The number of amides is 1. The fourth-order valence-corrected chi connectivity index (χ4v) is 1.83. The van der Waals surface area contributed by atoms with Gasteiger partial charge in [0.1, 0.15) is 5.75 Å². The molecule has 1 amide bonds. The summed E-state index contributed by atoms with van der Waals surface area (Å²) in [7, 11) is 0. The van der Waals surface area contributed by atoms with Gasteiger partial charge in [-0.15, -0.1) is 0 Å². The Labute approximate surface area is 121 Å². The van der Waals surface area contributed by atoms with Crippen molar-refractivity contribution in [2.24, 2.45) is 0 Å². The maximum Gasteiger partial charge on any atom is 0.387 e. The summed E-state index contributed by atoms with van der Waals surface area (Å²) < 4.78 is 29.1. The molecule has 1 N–H and O–H groups in total. The topological polar surface area (TPSA) is 51.2 Å². The van der Waals surface area contributed by atoms with Gasteiger partial charge in [-0.3, -0.25) is 9.78 Å². The van der Waals surface area contributed by atoms with Crippen molar-refractivity contribution in [1.82, 2.24) is 4.98 Å². The third-order valence-corrected chi connectivity index (χ3v) is 2.97. The van der Waals surface area contributed by atoms with Gasteiger partial charge in [-0.2, -0.15) is 8.78 Å². The first kappa shape index (κ1) is 14.4. The number of hydrogen-bond donors (Lipinski definition) is 1. The number of hydrogen-bond acceptors (Lipinski definition) is 3. The highest BCUT2D eigenvalue weighted by Gasteiger charge is 2.11. The number of nitrogens with zero attached hydrogens (tertiary/aromatic N) is 1. The normalized spacial score (nSPS) is 10.4. The summed E-state index contributed by atoms with van der Waals surface area (Å²) in [6.45, 7) is -2.93. The van der Waals surface area contributed by atoms with Gasteiger partial charge in [0, 0.05) is 18.0 Å². The molecule has 7 heteroatoms. The second-order valence-electron chi connectivity index (χ2n) is 3.72. The van der Waals surface area contributed by atoms with Gasteiger partial charge in [0.15, 0.2) is 0 Å². The number of aromatic nitrogens is 1. The van der Waals surface area contributed by atoms with Crippen molar-refractivity contribution < 1.29 is 18.3 Å². The van der Waals surface area contributed by atoms with Crippen LogP contribution >= 0.6 is 15.9 Å². The van der Waals surface area contributed by atoms with Crippen LogP contribution in [0.5, 0.6) is 5.75 Å². The molecule has 20 heavy (non-hydrogen) atoms. The number of carbonyl (C=O) groups is 1. The molecule has 0 saturated carbocycles. The van der Waals surface area contributed by atoms with Crippen LogP contribution in [-0.2, 0) is 0 Å². The standard InChI is InChI=1S/C13H9BrF2N2O2/c14-10-7-17-5-4-11(10)18-12(19)8-2-1-3-9(6-8)20-13(15)16/h1-7,13H,(H,17,18,19). The Morgan fingerprint density at radius 2 is 2.15 bits per heavy atom. The molecule has 0 radical (unpaired) electrons. The quantitative estimate of drug-likeness (QED) is 0.921. The molecule has 104 valence electrons. The van der Waals surface area contributed by atoms with Crippen molar-refractivity contribution in [3.63, 3.8) is 0 Å². The summed E-state index contributed by atoms with van der Waals surface area (Å²) in [6.07, 6.45) is 3.06. The van der Waals surface area contributed by atoms with Crippen molar-refractivity contribution in [1.29, 1.82) is 0 Å². The minimum absolute atomic E-state index is 0.0681. The summed E-state index contributed by atoms with van der Waals surface area (Å²) in [5.41, 5.74) is 0.747. The lowest BCUT2D eigenvalue weighted by Crippen LogP contribution is -2.12. The zero-order valence-corrected chi connectivity index (χ0v) is 11.6. The second kappa shape index (κ2) is 6.42. The molecule has 0 aliphatic rings. The van der Waals surface area contributed by atoms with E-state index in [1.807, 2.05) is 0 Å². The monoisotopic (exact) mass is 342 g/mol. The fraction of sp³-hybridized carbons (Fsp3) is 0.0769. The molecular weight excluding hydrogens is 334 g/mol. The van der Waals surface area contributed by atoms with Crippen molar-refractivity contribution in [3.05, 3.63) is 52.8 Å². The van der Waals surface area contributed by atoms with Crippen molar-refractivity contribution in [2.45, 2.75) is 6.61 Å². The fourth-order valence-electron chi connectivity index (χ4n) is 1.48. The number of pyridine rings is 1. The number of benzene rings is 1. The van der Waals surface area contributed by atoms with Crippen LogP contribution in [-0.4, -0.2) is 17.5 Å². The number of nitrogens with one attached hydrogen (secondary N) is 1. The number of halogens is 3. The molecule has 0 aliphatic heterocycles. The van der Waals surface area contributed by atoms with Crippen LogP contribution in [0.15, 0.2) is 47.2 Å². The zero-order valence-electron chi connectivity index (χ0n) is 10.0. The van der Waals surface area contributed by atoms with Crippen LogP contribution in [0.3, 0.4) is 0 Å². The minimum Gasteiger partial charge on any atom is -0.435 e. The van der Waals surface area contributed by atoms with E-state index in [1.54, 1.807) is 6.07 Å². The molecule has 0 spiro atoms. The molecule has 1 aromatic heterocycles. The lowest BCUT2D eigenvalue weighted by Gasteiger charge is -2.08. The Morgan fingerprint density at radius 1 is 1.35 bits per heavy atom. The van der Waals surface area contributed by atoms with E-state index in [0.29, 0.717) is 10.2 Å². The summed E-state index contributed by atoms with van der Waals surface area (Å²) in [4.78, 5) is 15.9. The molecule has 0 bridgehead atoms. The summed E-state index contributed by atoms with van der Waals surface area (Å²) in [6, 6.07) is 7.18. The van der Waals surface area contributed by atoms with Gasteiger partial charge >= 0.3 is 6.61 Å². The first-order valence-electron chi connectivity index (χ1n) is 5.52. The number of ether oxygens (including phenoxy) is 1. The van der Waals surface area contributed by atoms with E-state index in [-0.39, 0.29) is 11.3 Å². The SMILES string of the molecule is O=C(Nc1ccncc1Br)c1cccc(OC(F)F)c1. The first-order valence-corrected chi connectivity index (χ1v) is 6.31. The predicted molar refractivity (Wildman–Crippen MR) is 73.0 cm³/mol. The molecule has 0 fully saturated rings. The highest BCUT2D eigenvalue weighted by Crippen LogP contribution is 2.22. The zero-order chi connectivity index (χ0) is 14.5. The van der Waals surface area contributed by atoms with Gasteiger partial charge < -0.3 is 10.1 Å². The Morgan fingerprint density at radius 3 is 2.85 bits per heavy atom. The lowest BCUT2D eigenvalue weighted by molar-refractivity contribution is -0.0498. The molecule has 0 unspecified atom stereocenters. The van der Waals surface area contributed by atoms with Crippen molar-refractivity contribution in [2.75, 3.05) is 5.32 Å². The number of anilines is 1. The van der Waals surface area contributed by atoms with Gasteiger partial charge in [-0.1, -0.05) is 6.07 Å². The summed E-state index contributed by atoms with van der Waals surface area (Å²) in [5, 5.41) is 2.64. The van der Waals surface area contributed by atoms with E-state index in [0.717, 1.165) is 0 Å². The van der Waals surface area contributed by atoms with Crippen LogP contribution in [0, 0.1) is 0 Å². The lowest BCUT2D eigenvalue weighted by atomic mass is 10.2. The van der Waals surface area contributed by atoms with E-state index >= 15 is 0 Å².